The number of furan rings is 1. The number of hydrogen-bond donors (Lipinski definition) is 1. The standard InChI is InChI=1S/C13H12N2O2S/c14-9-3-4-11-12(6-9)17-13(15-11)8-18-7-10-2-1-5-16-10/h1-6H,7-8,14H2. The summed E-state index contributed by atoms with van der Waals surface area (Å²) in [6.07, 6.45) is 1.68. The van der Waals surface area contributed by atoms with Crippen LogP contribution in [0.1, 0.15) is 11.7 Å². The Bertz CT molecular complexity index is 646. The van der Waals surface area contributed by atoms with Gasteiger partial charge >= 0.3 is 0 Å². The molecule has 0 bridgehead atoms. The van der Waals surface area contributed by atoms with Crippen molar-refractivity contribution in [1.82, 2.24) is 4.98 Å². The highest BCUT2D eigenvalue weighted by atomic mass is 32.2. The first-order chi connectivity index (χ1) is 8.81. The summed E-state index contributed by atoms with van der Waals surface area (Å²) in [5.74, 6) is 3.20. The molecule has 0 aliphatic carbocycles. The Morgan fingerprint density at radius 3 is 3.00 bits per heavy atom. The monoisotopic (exact) mass is 260 g/mol. The van der Waals surface area contributed by atoms with Crippen molar-refractivity contribution in [2.75, 3.05) is 5.73 Å². The lowest BCUT2D eigenvalue weighted by atomic mass is 10.3. The van der Waals surface area contributed by atoms with E-state index in [0.29, 0.717) is 11.6 Å². The molecule has 0 spiro atoms. The number of hydrogen-bond acceptors (Lipinski definition) is 5. The van der Waals surface area contributed by atoms with Gasteiger partial charge in [-0.05, 0) is 24.3 Å². The summed E-state index contributed by atoms with van der Waals surface area (Å²) < 4.78 is 10.9. The van der Waals surface area contributed by atoms with Crippen molar-refractivity contribution >= 4 is 28.5 Å². The average molecular weight is 260 g/mol. The summed E-state index contributed by atoms with van der Waals surface area (Å²) in [7, 11) is 0. The van der Waals surface area contributed by atoms with Crippen molar-refractivity contribution in [3.8, 4) is 0 Å². The average Bonchev–Trinajstić information content (AvgIpc) is 2.97. The smallest absolute Gasteiger partial charge is 0.205 e. The molecule has 0 aliphatic heterocycles. The van der Waals surface area contributed by atoms with Crippen LogP contribution in [0.15, 0.2) is 45.4 Å². The molecule has 4 nitrogen and oxygen atoms in total. The summed E-state index contributed by atoms with van der Waals surface area (Å²) in [5.41, 5.74) is 7.97. The molecule has 1 aromatic carbocycles. The van der Waals surface area contributed by atoms with E-state index in [-0.39, 0.29) is 0 Å². The Hall–Kier alpha value is -1.88. The maximum Gasteiger partial charge on any atom is 0.205 e. The second-order valence-corrected chi connectivity index (χ2v) is 4.89. The highest BCUT2D eigenvalue weighted by molar-refractivity contribution is 7.97. The zero-order valence-corrected chi connectivity index (χ0v) is 10.4. The van der Waals surface area contributed by atoms with Gasteiger partial charge in [0.15, 0.2) is 5.58 Å². The molecule has 0 amide bonds. The van der Waals surface area contributed by atoms with E-state index >= 15 is 0 Å². The lowest BCUT2D eigenvalue weighted by Gasteiger charge is -1.94. The number of thioether (sulfide) groups is 1. The third-order valence-corrected chi connectivity index (χ3v) is 3.45. The molecular weight excluding hydrogens is 248 g/mol. The van der Waals surface area contributed by atoms with Gasteiger partial charge in [-0.1, -0.05) is 0 Å². The van der Waals surface area contributed by atoms with E-state index in [2.05, 4.69) is 4.98 Å². The van der Waals surface area contributed by atoms with Gasteiger partial charge in [-0.3, -0.25) is 0 Å². The van der Waals surface area contributed by atoms with Crippen molar-refractivity contribution in [3.63, 3.8) is 0 Å². The van der Waals surface area contributed by atoms with Crippen molar-refractivity contribution in [3.05, 3.63) is 48.2 Å². The lowest BCUT2D eigenvalue weighted by Crippen LogP contribution is -1.82. The third kappa shape index (κ3) is 2.36. The van der Waals surface area contributed by atoms with Crippen LogP contribution in [0.2, 0.25) is 0 Å². The summed E-state index contributed by atoms with van der Waals surface area (Å²) >= 11 is 1.70. The molecule has 2 heterocycles. The molecule has 18 heavy (non-hydrogen) atoms. The van der Waals surface area contributed by atoms with Crippen LogP contribution in [0.3, 0.4) is 0 Å². The molecule has 0 atom stereocenters. The minimum atomic E-state index is 0.688. The zero-order chi connectivity index (χ0) is 12.4. The van der Waals surface area contributed by atoms with E-state index < -0.39 is 0 Å². The molecule has 2 N–H and O–H groups in total. The van der Waals surface area contributed by atoms with E-state index in [1.54, 1.807) is 24.1 Å². The fraction of sp³-hybridized carbons (Fsp3) is 0.154. The molecule has 0 unspecified atom stereocenters. The van der Waals surface area contributed by atoms with E-state index in [1.165, 1.54) is 0 Å². The van der Waals surface area contributed by atoms with Gasteiger partial charge in [0.25, 0.3) is 0 Å². The van der Waals surface area contributed by atoms with Crippen molar-refractivity contribution in [2.45, 2.75) is 11.5 Å². The normalized spacial score (nSPS) is 11.1. The molecule has 0 saturated carbocycles. The second kappa shape index (κ2) is 4.78. The van der Waals surface area contributed by atoms with Gasteiger partial charge in [0.2, 0.25) is 5.89 Å². The zero-order valence-electron chi connectivity index (χ0n) is 9.63. The highest BCUT2D eigenvalue weighted by Crippen LogP contribution is 2.22. The predicted molar refractivity (Wildman–Crippen MR) is 72.1 cm³/mol. The lowest BCUT2D eigenvalue weighted by molar-refractivity contribution is 0.529. The van der Waals surface area contributed by atoms with Crippen molar-refractivity contribution in [2.24, 2.45) is 0 Å². The van der Waals surface area contributed by atoms with Crippen LogP contribution in [-0.2, 0) is 11.5 Å². The molecular formula is C13H12N2O2S. The molecule has 0 radical (unpaired) electrons. The Morgan fingerprint density at radius 2 is 2.17 bits per heavy atom. The van der Waals surface area contributed by atoms with Gasteiger partial charge in [-0.2, -0.15) is 0 Å². The minimum absolute atomic E-state index is 0.688. The van der Waals surface area contributed by atoms with Gasteiger partial charge in [-0.25, -0.2) is 4.98 Å². The second-order valence-electron chi connectivity index (χ2n) is 3.91. The van der Waals surface area contributed by atoms with Gasteiger partial charge in [-0.15, -0.1) is 11.8 Å². The fourth-order valence-electron chi connectivity index (χ4n) is 1.68. The van der Waals surface area contributed by atoms with Crippen LogP contribution < -0.4 is 5.73 Å². The summed E-state index contributed by atoms with van der Waals surface area (Å²) in [6, 6.07) is 9.33. The molecule has 2 aromatic heterocycles. The maximum absolute atomic E-state index is 5.69. The molecule has 3 rings (SSSR count). The highest BCUT2D eigenvalue weighted by Gasteiger charge is 2.06. The SMILES string of the molecule is Nc1ccc2nc(CSCc3ccco3)oc2c1. The molecule has 0 aliphatic rings. The van der Waals surface area contributed by atoms with Crippen LogP contribution in [0, 0.1) is 0 Å². The molecule has 5 heteroatoms. The number of oxazole rings is 1. The van der Waals surface area contributed by atoms with Gasteiger partial charge in [0, 0.05) is 11.8 Å². The molecule has 3 aromatic rings. The van der Waals surface area contributed by atoms with E-state index in [9.17, 15) is 0 Å². The van der Waals surface area contributed by atoms with E-state index in [4.69, 9.17) is 14.6 Å². The summed E-state index contributed by atoms with van der Waals surface area (Å²) in [6.45, 7) is 0. The predicted octanol–water partition coefficient (Wildman–Crippen LogP) is 3.44. The Morgan fingerprint density at radius 1 is 1.22 bits per heavy atom. The van der Waals surface area contributed by atoms with Crippen LogP contribution in [0.5, 0.6) is 0 Å². The quantitative estimate of drug-likeness (QED) is 0.728. The fourth-order valence-corrected chi connectivity index (χ4v) is 2.45. The van der Waals surface area contributed by atoms with Crippen LogP contribution in [-0.4, -0.2) is 4.98 Å². The van der Waals surface area contributed by atoms with Crippen LogP contribution in [0.4, 0.5) is 5.69 Å². The maximum atomic E-state index is 5.69. The Balaban J connectivity index is 1.67. The number of rotatable bonds is 4. The molecule has 0 fully saturated rings. The first-order valence-electron chi connectivity index (χ1n) is 5.56. The van der Waals surface area contributed by atoms with Crippen LogP contribution in [0.25, 0.3) is 11.1 Å². The van der Waals surface area contributed by atoms with Gasteiger partial charge in [0.1, 0.15) is 11.3 Å². The number of nitrogens with zero attached hydrogens (tertiary/aromatic N) is 1. The van der Waals surface area contributed by atoms with Gasteiger partial charge in [0.05, 0.1) is 17.8 Å². The Kier molecular flexibility index (Phi) is 2.98. The Labute approximate surface area is 108 Å². The number of nitrogens with two attached hydrogens (primary N) is 1. The molecule has 0 saturated heterocycles. The number of fused-ring (bicyclic) bond motifs is 1. The van der Waals surface area contributed by atoms with E-state index in [1.807, 2.05) is 24.3 Å². The third-order valence-electron chi connectivity index (χ3n) is 2.51. The van der Waals surface area contributed by atoms with E-state index in [0.717, 1.165) is 28.4 Å². The minimum Gasteiger partial charge on any atom is -0.468 e. The van der Waals surface area contributed by atoms with Gasteiger partial charge < -0.3 is 14.6 Å². The number of anilines is 1. The topological polar surface area (TPSA) is 65.2 Å². The van der Waals surface area contributed by atoms with Crippen molar-refractivity contribution in [1.29, 1.82) is 0 Å². The number of nitrogen functional groups attached to an aromatic ring is 1. The number of benzene rings is 1. The molecule has 92 valence electrons. The van der Waals surface area contributed by atoms with Crippen molar-refractivity contribution < 1.29 is 8.83 Å². The first kappa shape index (κ1) is 11.2. The van der Waals surface area contributed by atoms with Crippen LogP contribution >= 0.6 is 11.8 Å². The largest absolute Gasteiger partial charge is 0.468 e. The number of aromatic nitrogens is 1. The first-order valence-corrected chi connectivity index (χ1v) is 6.72. The summed E-state index contributed by atoms with van der Waals surface area (Å²) in [4.78, 5) is 4.40. The summed E-state index contributed by atoms with van der Waals surface area (Å²) in [5, 5.41) is 0.